The van der Waals surface area contributed by atoms with Crippen molar-refractivity contribution in [1.29, 1.82) is 0 Å². The first-order valence-electron chi connectivity index (χ1n) is 9.25. The van der Waals surface area contributed by atoms with E-state index < -0.39 is 0 Å². The number of methoxy groups -OCH3 is 1. The number of hydrogen-bond acceptors (Lipinski definition) is 3. The van der Waals surface area contributed by atoms with E-state index in [1.54, 1.807) is 7.11 Å². The second-order valence-electron chi connectivity index (χ2n) is 6.70. The molecule has 29 heavy (non-hydrogen) atoms. The normalized spacial score (nSPS) is 11.1. The van der Waals surface area contributed by atoms with Crippen LogP contribution in [0, 0.1) is 0 Å². The van der Waals surface area contributed by atoms with E-state index in [2.05, 4.69) is 34.1 Å². The van der Waals surface area contributed by atoms with Crippen molar-refractivity contribution in [3.05, 3.63) is 89.4 Å². The fourth-order valence-electron chi connectivity index (χ4n) is 3.53. The van der Waals surface area contributed by atoms with E-state index >= 15 is 0 Å². The molecule has 0 atom stereocenters. The van der Waals surface area contributed by atoms with Crippen molar-refractivity contribution in [1.82, 2.24) is 0 Å². The fourth-order valence-corrected chi connectivity index (χ4v) is 3.87. The Hall–Kier alpha value is -3.24. The molecular formula is C25H17BrO3. The quantitative estimate of drug-likeness (QED) is 0.258. The van der Waals surface area contributed by atoms with Crippen LogP contribution in [-0.4, -0.2) is 7.11 Å². The maximum atomic E-state index is 5.71. The Morgan fingerprint density at radius 3 is 1.72 bits per heavy atom. The molecule has 2 aromatic heterocycles. The molecule has 0 saturated heterocycles. The van der Waals surface area contributed by atoms with Crippen molar-refractivity contribution in [3.8, 4) is 5.75 Å². The minimum Gasteiger partial charge on any atom is -0.497 e. The summed E-state index contributed by atoms with van der Waals surface area (Å²) in [5.74, 6) is 0.821. The van der Waals surface area contributed by atoms with Crippen LogP contribution in [0.1, 0.15) is 0 Å². The second-order valence-corrected chi connectivity index (χ2v) is 7.61. The first-order valence-corrected chi connectivity index (χ1v) is 10.0. The van der Waals surface area contributed by atoms with Crippen LogP contribution < -0.4 is 4.74 Å². The number of hydrogen-bond donors (Lipinski definition) is 0. The molecule has 4 heteroatoms. The topological polar surface area (TPSA) is 35.5 Å². The summed E-state index contributed by atoms with van der Waals surface area (Å²) in [6, 6.07) is 28.1. The number of rotatable bonds is 1. The highest BCUT2D eigenvalue weighted by Gasteiger charge is 2.06. The van der Waals surface area contributed by atoms with Crippen LogP contribution in [0.15, 0.2) is 98.2 Å². The van der Waals surface area contributed by atoms with Crippen LogP contribution in [0.25, 0.3) is 43.9 Å². The Labute approximate surface area is 175 Å². The maximum Gasteiger partial charge on any atom is 0.139 e. The summed E-state index contributed by atoms with van der Waals surface area (Å²) in [5.41, 5.74) is 3.66. The highest BCUT2D eigenvalue weighted by molar-refractivity contribution is 9.10. The van der Waals surface area contributed by atoms with Crippen LogP contribution in [0.5, 0.6) is 5.75 Å². The van der Waals surface area contributed by atoms with Gasteiger partial charge in [-0.1, -0.05) is 52.3 Å². The van der Waals surface area contributed by atoms with E-state index in [1.165, 1.54) is 10.8 Å². The van der Waals surface area contributed by atoms with E-state index in [-0.39, 0.29) is 0 Å². The lowest BCUT2D eigenvalue weighted by Crippen LogP contribution is -1.80. The SMILES string of the molecule is Brc1ccc2c(c1)oc1ccccc12.COc1ccc2c(c1)oc1ccccc12. The van der Waals surface area contributed by atoms with Gasteiger partial charge in [-0.2, -0.15) is 0 Å². The molecule has 0 aliphatic heterocycles. The zero-order valence-electron chi connectivity index (χ0n) is 15.7. The third-order valence-corrected chi connectivity index (χ3v) is 5.42. The highest BCUT2D eigenvalue weighted by atomic mass is 79.9. The van der Waals surface area contributed by atoms with Crippen LogP contribution in [-0.2, 0) is 0 Å². The molecule has 0 unspecified atom stereocenters. The van der Waals surface area contributed by atoms with Gasteiger partial charge in [-0.15, -0.1) is 0 Å². The average Bonchev–Trinajstić information content (AvgIpc) is 3.31. The van der Waals surface area contributed by atoms with Crippen LogP contribution in [0.4, 0.5) is 0 Å². The van der Waals surface area contributed by atoms with Gasteiger partial charge < -0.3 is 13.6 Å². The smallest absolute Gasteiger partial charge is 0.139 e. The van der Waals surface area contributed by atoms with E-state index in [0.717, 1.165) is 43.3 Å². The molecule has 6 aromatic rings. The van der Waals surface area contributed by atoms with Crippen molar-refractivity contribution >= 4 is 59.8 Å². The van der Waals surface area contributed by atoms with Gasteiger partial charge in [0.2, 0.25) is 0 Å². The predicted octanol–water partition coefficient (Wildman–Crippen LogP) is 7.94. The Balaban J connectivity index is 0.000000125. The van der Waals surface area contributed by atoms with Crippen molar-refractivity contribution in [2.45, 2.75) is 0 Å². The molecule has 0 radical (unpaired) electrons. The third kappa shape index (κ3) is 3.26. The lowest BCUT2D eigenvalue weighted by atomic mass is 10.1. The minimum atomic E-state index is 0.821. The summed E-state index contributed by atoms with van der Waals surface area (Å²) in [5, 5.41) is 4.63. The highest BCUT2D eigenvalue weighted by Crippen LogP contribution is 2.31. The Bertz CT molecular complexity index is 1460. The first kappa shape index (κ1) is 17.8. The standard InChI is InChI=1S/C13H10O2.C12H7BrO/c1-14-9-6-7-11-10-4-2-3-5-12(10)15-13(11)8-9;13-8-5-6-10-9-3-1-2-4-11(9)14-12(10)7-8/h2-8H,1H3;1-7H. The van der Waals surface area contributed by atoms with E-state index in [4.69, 9.17) is 13.6 Å². The molecule has 0 fully saturated rings. The molecule has 4 aromatic carbocycles. The maximum absolute atomic E-state index is 5.71. The van der Waals surface area contributed by atoms with Gasteiger partial charge in [0.15, 0.2) is 0 Å². The minimum absolute atomic E-state index is 0.821. The van der Waals surface area contributed by atoms with E-state index in [1.807, 2.05) is 66.7 Å². The number of benzene rings is 4. The van der Waals surface area contributed by atoms with Gasteiger partial charge in [-0.3, -0.25) is 0 Å². The first-order chi connectivity index (χ1) is 14.2. The van der Waals surface area contributed by atoms with E-state index in [0.29, 0.717) is 0 Å². The molecule has 142 valence electrons. The number of halogens is 1. The average molecular weight is 445 g/mol. The summed E-state index contributed by atoms with van der Waals surface area (Å²) < 4.78 is 17.6. The molecule has 0 bridgehead atoms. The van der Waals surface area contributed by atoms with Gasteiger partial charge in [0.25, 0.3) is 0 Å². The molecule has 0 aliphatic rings. The van der Waals surface area contributed by atoms with Gasteiger partial charge in [-0.25, -0.2) is 0 Å². The molecule has 0 spiro atoms. The predicted molar refractivity (Wildman–Crippen MR) is 122 cm³/mol. The Kier molecular flexibility index (Phi) is 4.49. The Morgan fingerprint density at radius 1 is 0.586 bits per heavy atom. The van der Waals surface area contributed by atoms with Gasteiger partial charge in [-0.05, 0) is 42.5 Å². The second kappa shape index (κ2) is 7.30. The lowest BCUT2D eigenvalue weighted by molar-refractivity contribution is 0.414. The molecule has 0 N–H and O–H groups in total. The summed E-state index contributed by atoms with van der Waals surface area (Å²) in [7, 11) is 1.66. The fraction of sp³-hybridized carbons (Fsp3) is 0.0400. The van der Waals surface area contributed by atoms with Crippen molar-refractivity contribution < 1.29 is 13.6 Å². The largest absolute Gasteiger partial charge is 0.497 e. The number of furan rings is 2. The molecule has 0 amide bonds. The van der Waals surface area contributed by atoms with Crippen molar-refractivity contribution in [2.75, 3.05) is 7.11 Å². The number of para-hydroxylation sites is 2. The van der Waals surface area contributed by atoms with Crippen LogP contribution >= 0.6 is 15.9 Å². The van der Waals surface area contributed by atoms with Gasteiger partial charge in [0, 0.05) is 32.1 Å². The van der Waals surface area contributed by atoms with Crippen LogP contribution in [0.2, 0.25) is 0 Å². The van der Waals surface area contributed by atoms with Crippen molar-refractivity contribution in [3.63, 3.8) is 0 Å². The van der Waals surface area contributed by atoms with Gasteiger partial charge in [0.05, 0.1) is 7.11 Å². The summed E-state index contributed by atoms with van der Waals surface area (Å²) in [6.45, 7) is 0. The zero-order chi connectivity index (χ0) is 19.8. The monoisotopic (exact) mass is 444 g/mol. The molecule has 3 nitrogen and oxygen atoms in total. The lowest BCUT2D eigenvalue weighted by Gasteiger charge is -1.96. The van der Waals surface area contributed by atoms with Gasteiger partial charge >= 0.3 is 0 Å². The third-order valence-electron chi connectivity index (χ3n) is 4.93. The molecular weight excluding hydrogens is 428 g/mol. The molecule has 0 saturated carbocycles. The summed E-state index contributed by atoms with van der Waals surface area (Å²) in [6.07, 6.45) is 0. The van der Waals surface area contributed by atoms with E-state index in [9.17, 15) is 0 Å². The van der Waals surface area contributed by atoms with Gasteiger partial charge in [0.1, 0.15) is 28.1 Å². The molecule has 2 heterocycles. The van der Waals surface area contributed by atoms with Crippen molar-refractivity contribution in [2.24, 2.45) is 0 Å². The zero-order valence-corrected chi connectivity index (χ0v) is 17.3. The van der Waals surface area contributed by atoms with Crippen LogP contribution in [0.3, 0.4) is 0 Å². The summed E-state index contributed by atoms with van der Waals surface area (Å²) in [4.78, 5) is 0. The Morgan fingerprint density at radius 2 is 1.10 bits per heavy atom. The molecule has 6 rings (SSSR count). The molecule has 0 aliphatic carbocycles. The number of ether oxygens (including phenoxy) is 1. The summed E-state index contributed by atoms with van der Waals surface area (Å²) >= 11 is 3.43. The number of fused-ring (bicyclic) bond motifs is 6.